The average molecular weight is 286 g/mol. The highest BCUT2D eigenvalue weighted by molar-refractivity contribution is 5.80. The van der Waals surface area contributed by atoms with E-state index < -0.39 is 5.54 Å². The maximum Gasteiger partial charge on any atom is 0.326 e. The summed E-state index contributed by atoms with van der Waals surface area (Å²) in [5, 5.41) is 3.11. The van der Waals surface area contributed by atoms with Crippen LogP contribution in [0.2, 0.25) is 0 Å². The Morgan fingerprint density at radius 1 is 1.30 bits per heavy atom. The lowest BCUT2D eigenvalue weighted by atomic mass is 9.95. The van der Waals surface area contributed by atoms with Gasteiger partial charge in [-0.05, 0) is 59.2 Å². The average Bonchev–Trinajstić information content (AvgIpc) is 2.41. The number of likely N-dealkylation sites (N-methyl/N-ethyl adjacent to an activating group) is 1. The molecule has 0 aliphatic carbocycles. The van der Waals surface area contributed by atoms with Crippen LogP contribution in [0.3, 0.4) is 0 Å². The van der Waals surface area contributed by atoms with Crippen LogP contribution in [0, 0.1) is 5.92 Å². The van der Waals surface area contributed by atoms with E-state index in [1.54, 1.807) is 0 Å². The third kappa shape index (κ3) is 7.25. The Hall–Kier alpha value is -0.610. The lowest BCUT2D eigenvalue weighted by Gasteiger charge is -2.27. The van der Waals surface area contributed by atoms with Crippen LogP contribution in [0.15, 0.2) is 0 Å². The number of nitrogens with one attached hydrogen (secondary N) is 1. The first-order chi connectivity index (χ1) is 9.39. The maximum atomic E-state index is 11.9. The molecule has 0 saturated carbocycles. The van der Waals surface area contributed by atoms with Crippen LogP contribution in [0.4, 0.5) is 0 Å². The van der Waals surface area contributed by atoms with Crippen molar-refractivity contribution in [1.29, 1.82) is 0 Å². The fourth-order valence-electron chi connectivity index (χ4n) is 2.33. The molecule has 0 bridgehead atoms. The van der Waals surface area contributed by atoms with Crippen molar-refractivity contribution in [2.75, 3.05) is 33.3 Å². The molecule has 0 amide bonds. The molecule has 0 fully saturated rings. The minimum absolute atomic E-state index is 0.142. The second-order valence-corrected chi connectivity index (χ2v) is 6.05. The van der Waals surface area contributed by atoms with Gasteiger partial charge in [-0.2, -0.15) is 0 Å². The highest BCUT2D eigenvalue weighted by Gasteiger charge is 2.32. The van der Waals surface area contributed by atoms with E-state index in [0.29, 0.717) is 12.5 Å². The molecule has 0 saturated heterocycles. The quantitative estimate of drug-likeness (QED) is 0.468. The number of esters is 1. The summed E-state index contributed by atoms with van der Waals surface area (Å²) >= 11 is 0. The molecule has 120 valence electrons. The number of hydrogen-bond acceptors (Lipinski definition) is 4. The van der Waals surface area contributed by atoms with E-state index in [-0.39, 0.29) is 5.97 Å². The maximum absolute atomic E-state index is 11.9. The first kappa shape index (κ1) is 19.4. The van der Waals surface area contributed by atoms with E-state index in [4.69, 9.17) is 4.74 Å². The lowest BCUT2D eigenvalue weighted by Crippen LogP contribution is -2.48. The van der Waals surface area contributed by atoms with Crippen molar-refractivity contribution in [2.24, 2.45) is 5.92 Å². The Balaban J connectivity index is 4.09. The van der Waals surface area contributed by atoms with Crippen LogP contribution in [0.5, 0.6) is 0 Å². The van der Waals surface area contributed by atoms with Gasteiger partial charge in [-0.25, -0.2) is 0 Å². The number of rotatable bonds is 11. The van der Waals surface area contributed by atoms with E-state index in [1.165, 1.54) is 0 Å². The predicted octanol–water partition coefficient (Wildman–Crippen LogP) is 2.68. The number of hydrogen-bond donors (Lipinski definition) is 1. The van der Waals surface area contributed by atoms with Gasteiger partial charge < -0.3 is 15.0 Å². The van der Waals surface area contributed by atoms with Gasteiger partial charge in [0.15, 0.2) is 0 Å². The largest absolute Gasteiger partial charge is 0.465 e. The van der Waals surface area contributed by atoms with E-state index in [9.17, 15) is 4.79 Å². The standard InChI is InChI=1S/C16H34N2O2/c1-7-18(13-14(3)4)12-10-9-11-16(5,17-6)15(19)20-8-2/h14,17H,7-13H2,1-6H3. The molecule has 1 N–H and O–H groups in total. The van der Waals surface area contributed by atoms with Crippen molar-refractivity contribution in [1.82, 2.24) is 10.2 Å². The van der Waals surface area contributed by atoms with Gasteiger partial charge in [0.25, 0.3) is 0 Å². The minimum Gasteiger partial charge on any atom is -0.465 e. The molecule has 4 nitrogen and oxygen atoms in total. The van der Waals surface area contributed by atoms with Crippen LogP contribution in [0.25, 0.3) is 0 Å². The highest BCUT2D eigenvalue weighted by atomic mass is 16.5. The summed E-state index contributed by atoms with van der Waals surface area (Å²) in [7, 11) is 1.83. The molecule has 4 heteroatoms. The molecule has 0 heterocycles. The minimum atomic E-state index is -0.550. The van der Waals surface area contributed by atoms with Crippen LogP contribution >= 0.6 is 0 Å². The number of ether oxygens (including phenoxy) is 1. The lowest BCUT2D eigenvalue weighted by molar-refractivity contribution is -0.150. The zero-order valence-corrected chi connectivity index (χ0v) is 14.3. The van der Waals surface area contributed by atoms with Gasteiger partial charge in [-0.15, -0.1) is 0 Å². The van der Waals surface area contributed by atoms with Gasteiger partial charge in [0.1, 0.15) is 5.54 Å². The number of nitrogens with zero attached hydrogens (tertiary/aromatic N) is 1. The second-order valence-electron chi connectivity index (χ2n) is 6.05. The number of carbonyl (C=O) groups excluding carboxylic acids is 1. The molecule has 1 atom stereocenters. The molecule has 0 spiro atoms. The Morgan fingerprint density at radius 3 is 2.40 bits per heavy atom. The first-order valence-electron chi connectivity index (χ1n) is 7.98. The summed E-state index contributed by atoms with van der Waals surface area (Å²) in [6.07, 6.45) is 2.98. The summed E-state index contributed by atoms with van der Waals surface area (Å²) in [4.78, 5) is 14.4. The summed E-state index contributed by atoms with van der Waals surface area (Å²) < 4.78 is 5.14. The molecule has 0 aliphatic rings. The smallest absolute Gasteiger partial charge is 0.326 e. The molecule has 0 rings (SSSR count). The van der Waals surface area contributed by atoms with E-state index in [0.717, 1.165) is 38.9 Å². The van der Waals surface area contributed by atoms with Crippen molar-refractivity contribution >= 4 is 5.97 Å². The molecule has 0 aromatic carbocycles. The van der Waals surface area contributed by atoms with Crippen LogP contribution in [-0.2, 0) is 9.53 Å². The SMILES string of the molecule is CCOC(=O)C(C)(CCCCN(CC)CC(C)C)NC. The zero-order valence-electron chi connectivity index (χ0n) is 14.3. The third-order valence-corrected chi connectivity index (χ3v) is 3.75. The Morgan fingerprint density at radius 2 is 1.95 bits per heavy atom. The van der Waals surface area contributed by atoms with Gasteiger partial charge in [0.2, 0.25) is 0 Å². The molecule has 0 radical (unpaired) electrons. The summed E-state index contributed by atoms with van der Waals surface area (Å²) in [6.45, 7) is 14.3. The topological polar surface area (TPSA) is 41.6 Å². The summed E-state index contributed by atoms with van der Waals surface area (Å²) in [5.41, 5.74) is -0.550. The molecular formula is C16H34N2O2. The van der Waals surface area contributed by atoms with Gasteiger partial charge >= 0.3 is 5.97 Å². The molecule has 0 aromatic rings. The number of unbranched alkanes of at least 4 members (excludes halogenated alkanes) is 1. The van der Waals surface area contributed by atoms with Crippen LogP contribution < -0.4 is 5.32 Å². The van der Waals surface area contributed by atoms with Crippen molar-refractivity contribution in [3.63, 3.8) is 0 Å². The van der Waals surface area contributed by atoms with Gasteiger partial charge in [-0.3, -0.25) is 4.79 Å². The van der Waals surface area contributed by atoms with Crippen molar-refractivity contribution in [3.8, 4) is 0 Å². The molecule has 0 aromatic heterocycles. The van der Waals surface area contributed by atoms with Crippen molar-refractivity contribution < 1.29 is 9.53 Å². The van der Waals surface area contributed by atoms with E-state index >= 15 is 0 Å². The van der Waals surface area contributed by atoms with Gasteiger partial charge in [0.05, 0.1) is 6.61 Å². The predicted molar refractivity (Wildman–Crippen MR) is 84.9 cm³/mol. The Kier molecular flexibility index (Phi) is 9.86. The van der Waals surface area contributed by atoms with E-state index in [1.807, 2.05) is 20.9 Å². The second kappa shape index (κ2) is 10.2. The van der Waals surface area contributed by atoms with Crippen LogP contribution in [0.1, 0.15) is 53.9 Å². The Labute approximate surface area is 125 Å². The monoisotopic (exact) mass is 286 g/mol. The van der Waals surface area contributed by atoms with Crippen LogP contribution in [-0.4, -0.2) is 49.7 Å². The summed E-state index contributed by atoms with van der Waals surface area (Å²) in [5.74, 6) is 0.564. The fourth-order valence-corrected chi connectivity index (χ4v) is 2.33. The highest BCUT2D eigenvalue weighted by Crippen LogP contribution is 2.16. The summed E-state index contributed by atoms with van der Waals surface area (Å²) in [6, 6.07) is 0. The van der Waals surface area contributed by atoms with Crippen molar-refractivity contribution in [3.05, 3.63) is 0 Å². The molecular weight excluding hydrogens is 252 g/mol. The number of carbonyl (C=O) groups is 1. The van der Waals surface area contributed by atoms with Crippen molar-refractivity contribution in [2.45, 2.75) is 59.4 Å². The molecule has 1 unspecified atom stereocenters. The molecule has 20 heavy (non-hydrogen) atoms. The van der Waals surface area contributed by atoms with Gasteiger partial charge in [-0.1, -0.05) is 20.8 Å². The zero-order chi connectivity index (χ0) is 15.6. The first-order valence-corrected chi connectivity index (χ1v) is 7.98. The normalized spacial score (nSPS) is 14.6. The van der Waals surface area contributed by atoms with E-state index in [2.05, 4.69) is 31.0 Å². The fraction of sp³-hybridized carbons (Fsp3) is 0.938. The molecule has 0 aliphatic heterocycles. The Bertz CT molecular complexity index is 269. The van der Waals surface area contributed by atoms with Gasteiger partial charge in [0, 0.05) is 6.54 Å². The third-order valence-electron chi connectivity index (χ3n) is 3.75.